The highest BCUT2D eigenvalue weighted by molar-refractivity contribution is 9.10. The molecule has 0 saturated heterocycles. The van der Waals surface area contributed by atoms with E-state index in [4.69, 9.17) is 0 Å². The van der Waals surface area contributed by atoms with Crippen molar-refractivity contribution in [2.45, 2.75) is 20.4 Å². The molecular formula is C13H13BrN2OS. The van der Waals surface area contributed by atoms with E-state index in [9.17, 15) is 4.79 Å². The molecule has 5 heteroatoms. The lowest BCUT2D eigenvalue weighted by molar-refractivity contribution is 0.0950. The number of carbonyl (C=O) groups excluding carboxylic acids is 1. The minimum atomic E-state index is -0.0679. The van der Waals surface area contributed by atoms with Crippen molar-refractivity contribution in [1.29, 1.82) is 0 Å². The van der Waals surface area contributed by atoms with Crippen LogP contribution < -0.4 is 5.32 Å². The van der Waals surface area contributed by atoms with E-state index < -0.39 is 0 Å². The number of benzene rings is 1. The molecule has 2 aromatic rings. The average Bonchev–Trinajstić information content (AvgIpc) is 2.76. The Bertz CT molecular complexity index is 580. The molecule has 0 saturated carbocycles. The van der Waals surface area contributed by atoms with Crippen LogP contribution in [0.2, 0.25) is 0 Å². The quantitative estimate of drug-likeness (QED) is 0.939. The largest absolute Gasteiger partial charge is 0.346 e. The zero-order chi connectivity index (χ0) is 13.1. The van der Waals surface area contributed by atoms with Crippen LogP contribution in [0.1, 0.15) is 25.8 Å². The first kappa shape index (κ1) is 13.2. The van der Waals surface area contributed by atoms with E-state index in [-0.39, 0.29) is 5.91 Å². The van der Waals surface area contributed by atoms with Gasteiger partial charge in [0.1, 0.15) is 5.01 Å². The molecule has 1 aromatic heterocycles. The lowest BCUT2D eigenvalue weighted by Crippen LogP contribution is -2.23. The molecule has 2 rings (SSSR count). The molecule has 18 heavy (non-hydrogen) atoms. The van der Waals surface area contributed by atoms with Gasteiger partial charge >= 0.3 is 0 Å². The molecule has 1 amide bonds. The third-order valence-electron chi connectivity index (χ3n) is 2.58. The van der Waals surface area contributed by atoms with Gasteiger partial charge in [0.15, 0.2) is 0 Å². The maximum atomic E-state index is 12.0. The highest BCUT2D eigenvalue weighted by atomic mass is 79.9. The van der Waals surface area contributed by atoms with Crippen molar-refractivity contribution in [2.75, 3.05) is 0 Å². The first-order valence-electron chi connectivity index (χ1n) is 5.52. The van der Waals surface area contributed by atoms with Gasteiger partial charge in [-0.05, 0) is 31.5 Å². The lowest BCUT2D eigenvalue weighted by Gasteiger charge is -2.07. The molecule has 0 spiro atoms. The van der Waals surface area contributed by atoms with Gasteiger partial charge in [0.05, 0.1) is 6.54 Å². The van der Waals surface area contributed by atoms with Crippen LogP contribution in [0.15, 0.2) is 28.9 Å². The fourth-order valence-corrected chi connectivity index (χ4v) is 2.68. The molecule has 0 fully saturated rings. The Morgan fingerprint density at radius 1 is 1.44 bits per heavy atom. The third-order valence-corrected chi connectivity index (χ3v) is 4.35. The molecule has 0 aliphatic rings. The number of aromatic nitrogens is 1. The van der Waals surface area contributed by atoms with Crippen LogP contribution >= 0.6 is 27.3 Å². The Hall–Kier alpha value is -1.20. The molecule has 0 aliphatic heterocycles. The summed E-state index contributed by atoms with van der Waals surface area (Å²) < 4.78 is 0.945. The van der Waals surface area contributed by atoms with Gasteiger partial charge in [-0.3, -0.25) is 4.79 Å². The minimum absolute atomic E-state index is 0.0679. The average molecular weight is 325 g/mol. The molecule has 3 nitrogen and oxygen atoms in total. The fraction of sp³-hybridized carbons (Fsp3) is 0.231. The molecule has 0 bridgehead atoms. The Morgan fingerprint density at radius 3 is 2.89 bits per heavy atom. The Kier molecular flexibility index (Phi) is 4.14. The summed E-state index contributed by atoms with van der Waals surface area (Å²) in [6.45, 7) is 4.40. The van der Waals surface area contributed by atoms with Gasteiger partial charge in [-0.1, -0.05) is 22.0 Å². The number of hydrogen-bond donors (Lipinski definition) is 1. The number of carbonyl (C=O) groups is 1. The van der Waals surface area contributed by atoms with Crippen LogP contribution in [0, 0.1) is 13.8 Å². The van der Waals surface area contributed by atoms with Crippen LogP contribution in [0.4, 0.5) is 0 Å². The van der Waals surface area contributed by atoms with Crippen molar-refractivity contribution in [3.8, 4) is 0 Å². The molecule has 1 heterocycles. The lowest BCUT2D eigenvalue weighted by atomic mass is 10.1. The van der Waals surface area contributed by atoms with E-state index in [1.54, 1.807) is 11.3 Å². The molecule has 1 N–H and O–H groups in total. The summed E-state index contributed by atoms with van der Waals surface area (Å²) in [6, 6.07) is 5.61. The normalized spacial score (nSPS) is 10.4. The van der Waals surface area contributed by atoms with Gasteiger partial charge in [0.25, 0.3) is 5.91 Å². The Balaban J connectivity index is 2.06. The Labute approximate surface area is 118 Å². The van der Waals surface area contributed by atoms with Crippen LogP contribution in [0.3, 0.4) is 0 Å². The zero-order valence-corrected chi connectivity index (χ0v) is 12.6. The number of hydrogen-bond acceptors (Lipinski definition) is 3. The number of nitrogens with zero attached hydrogens (tertiary/aromatic N) is 1. The second-order valence-electron chi connectivity index (χ2n) is 3.96. The third kappa shape index (κ3) is 2.97. The van der Waals surface area contributed by atoms with Crippen molar-refractivity contribution in [1.82, 2.24) is 10.3 Å². The van der Waals surface area contributed by atoms with E-state index in [1.807, 2.05) is 38.2 Å². The number of rotatable bonds is 3. The smallest absolute Gasteiger partial charge is 0.251 e. The highest BCUT2D eigenvalue weighted by Crippen LogP contribution is 2.19. The van der Waals surface area contributed by atoms with Crippen molar-refractivity contribution in [3.63, 3.8) is 0 Å². The standard InChI is InChI=1S/C13H13BrN2OS/c1-8-6-15-12(18-8)7-16-13(17)10-4-3-5-11(14)9(10)2/h3-6H,7H2,1-2H3,(H,16,17). The second kappa shape index (κ2) is 5.63. The predicted octanol–water partition coefficient (Wildman–Crippen LogP) is 3.45. The van der Waals surface area contributed by atoms with Crippen molar-refractivity contribution < 1.29 is 4.79 Å². The SMILES string of the molecule is Cc1cnc(CNC(=O)c2cccc(Br)c2C)s1. The summed E-state index contributed by atoms with van der Waals surface area (Å²) in [5, 5.41) is 3.81. The van der Waals surface area contributed by atoms with Crippen molar-refractivity contribution in [3.05, 3.63) is 49.9 Å². The molecule has 0 atom stereocenters. The first-order chi connectivity index (χ1) is 8.58. The van der Waals surface area contributed by atoms with Gasteiger partial charge in [-0.2, -0.15) is 0 Å². The van der Waals surface area contributed by atoms with Crippen molar-refractivity contribution in [2.24, 2.45) is 0 Å². The van der Waals surface area contributed by atoms with E-state index in [0.29, 0.717) is 12.1 Å². The number of aryl methyl sites for hydroxylation is 1. The maximum Gasteiger partial charge on any atom is 0.251 e. The van der Waals surface area contributed by atoms with Gasteiger partial charge < -0.3 is 5.32 Å². The van der Waals surface area contributed by atoms with E-state index in [2.05, 4.69) is 26.2 Å². The molecule has 0 radical (unpaired) electrons. The van der Waals surface area contributed by atoms with E-state index in [0.717, 1.165) is 19.9 Å². The molecule has 94 valence electrons. The summed E-state index contributed by atoms with van der Waals surface area (Å²) >= 11 is 5.02. The van der Waals surface area contributed by atoms with Gasteiger partial charge in [0.2, 0.25) is 0 Å². The summed E-state index contributed by atoms with van der Waals surface area (Å²) in [6.07, 6.45) is 1.82. The predicted molar refractivity (Wildman–Crippen MR) is 76.9 cm³/mol. The number of thiazole rings is 1. The maximum absolute atomic E-state index is 12.0. The second-order valence-corrected chi connectivity index (χ2v) is 6.13. The molecule has 0 unspecified atom stereocenters. The molecule has 0 aliphatic carbocycles. The van der Waals surface area contributed by atoms with Crippen LogP contribution in [0.25, 0.3) is 0 Å². The number of halogens is 1. The highest BCUT2D eigenvalue weighted by Gasteiger charge is 2.10. The Morgan fingerprint density at radius 2 is 2.22 bits per heavy atom. The zero-order valence-electron chi connectivity index (χ0n) is 10.2. The monoisotopic (exact) mass is 324 g/mol. The van der Waals surface area contributed by atoms with Crippen LogP contribution in [-0.2, 0) is 6.54 Å². The topological polar surface area (TPSA) is 42.0 Å². The summed E-state index contributed by atoms with van der Waals surface area (Å²) in [4.78, 5) is 17.4. The summed E-state index contributed by atoms with van der Waals surface area (Å²) in [7, 11) is 0. The molecule has 1 aromatic carbocycles. The molecular weight excluding hydrogens is 312 g/mol. The minimum Gasteiger partial charge on any atom is -0.346 e. The van der Waals surface area contributed by atoms with Gasteiger partial charge in [-0.15, -0.1) is 11.3 Å². The van der Waals surface area contributed by atoms with E-state index >= 15 is 0 Å². The first-order valence-corrected chi connectivity index (χ1v) is 7.13. The van der Waals surface area contributed by atoms with Gasteiger partial charge in [0, 0.05) is 21.1 Å². The van der Waals surface area contributed by atoms with Crippen molar-refractivity contribution >= 4 is 33.2 Å². The van der Waals surface area contributed by atoms with Crippen LogP contribution in [-0.4, -0.2) is 10.9 Å². The summed E-state index contributed by atoms with van der Waals surface area (Å²) in [5.41, 5.74) is 1.64. The van der Waals surface area contributed by atoms with Crippen LogP contribution in [0.5, 0.6) is 0 Å². The van der Waals surface area contributed by atoms with Gasteiger partial charge in [-0.25, -0.2) is 4.98 Å². The number of amides is 1. The summed E-state index contributed by atoms with van der Waals surface area (Å²) in [5.74, 6) is -0.0679. The fourth-order valence-electron chi connectivity index (χ4n) is 1.59. The number of nitrogens with one attached hydrogen (secondary N) is 1. The van der Waals surface area contributed by atoms with E-state index in [1.165, 1.54) is 0 Å².